The largest absolute Gasteiger partial charge is 0.336 e. The SMILES string of the molecule is O=C(NCC12CCCC(CN1)C2)NC1CCCCC1. The molecule has 2 atom stereocenters. The average Bonchev–Trinajstić information content (AvgIpc) is 2.73. The minimum atomic E-state index is 0.0390. The second-order valence-corrected chi connectivity index (χ2v) is 6.79. The highest BCUT2D eigenvalue weighted by Crippen LogP contribution is 2.36. The molecule has 2 saturated carbocycles. The average molecular weight is 265 g/mol. The fourth-order valence-corrected chi connectivity index (χ4v) is 4.14. The van der Waals surface area contributed by atoms with Gasteiger partial charge in [0.25, 0.3) is 0 Å². The van der Waals surface area contributed by atoms with Gasteiger partial charge in [-0.15, -0.1) is 0 Å². The number of amides is 2. The smallest absolute Gasteiger partial charge is 0.315 e. The molecule has 2 amide bonds. The molecule has 1 aliphatic heterocycles. The van der Waals surface area contributed by atoms with Gasteiger partial charge in [0, 0.05) is 18.1 Å². The third-order valence-electron chi connectivity index (χ3n) is 5.24. The Kier molecular flexibility index (Phi) is 3.96. The fourth-order valence-electron chi connectivity index (χ4n) is 4.14. The van der Waals surface area contributed by atoms with Crippen molar-refractivity contribution >= 4 is 6.03 Å². The van der Waals surface area contributed by atoms with Crippen LogP contribution in [0, 0.1) is 5.92 Å². The summed E-state index contributed by atoms with van der Waals surface area (Å²) in [6.07, 6.45) is 11.3. The van der Waals surface area contributed by atoms with Crippen molar-refractivity contribution < 1.29 is 4.79 Å². The topological polar surface area (TPSA) is 53.2 Å². The number of hydrogen-bond donors (Lipinski definition) is 3. The lowest BCUT2D eigenvalue weighted by atomic mass is 9.80. The number of urea groups is 1. The number of carbonyl (C=O) groups excluding carboxylic acids is 1. The molecule has 2 unspecified atom stereocenters. The minimum absolute atomic E-state index is 0.0390. The molecule has 108 valence electrons. The molecule has 2 bridgehead atoms. The highest BCUT2D eigenvalue weighted by Gasteiger charge is 2.41. The Bertz CT molecular complexity index is 323. The quantitative estimate of drug-likeness (QED) is 0.732. The van der Waals surface area contributed by atoms with Crippen molar-refractivity contribution in [2.45, 2.75) is 69.4 Å². The predicted molar refractivity (Wildman–Crippen MR) is 76.1 cm³/mol. The van der Waals surface area contributed by atoms with E-state index in [9.17, 15) is 4.79 Å². The Morgan fingerprint density at radius 1 is 1.16 bits per heavy atom. The van der Waals surface area contributed by atoms with Crippen LogP contribution in [0.5, 0.6) is 0 Å². The van der Waals surface area contributed by atoms with E-state index < -0.39 is 0 Å². The van der Waals surface area contributed by atoms with Gasteiger partial charge in [-0.25, -0.2) is 4.79 Å². The van der Waals surface area contributed by atoms with Crippen molar-refractivity contribution in [2.75, 3.05) is 13.1 Å². The number of hydrogen-bond acceptors (Lipinski definition) is 2. The van der Waals surface area contributed by atoms with Crippen molar-refractivity contribution in [3.63, 3.8) is 0 Å². The van der Waals surface area contributed by atoms with Crippen LogP contribution in [0.3, 0.4) is 0 Å². The van der Waals surface area contributed by atoms with Crippen LogP contribution >= 0.6 is 0 Å². The number of nitrogens with one attached hydrogen (secondary N) is 3. The van der Waals surface area contributed by atoms with E-state index >= 15 is 0 Å². The van der Waals surface area contributed by atoms with Crippen LogP contribution in [0.1, 0.15) is 57.8 Å². The maximum atomic E-state index is 12.0. The van der Waals surface area contributed by atoms with E-state index in [1.807, 2.05) is 0 Å². The van der Waals surface area contributed by atoms with E-state index in [0.717, 1.165) is 31.8 Å². The molecule has 0 radical (unpaired) electrons. The van der Waals surface area contributed by atoms with Gasteiger partial charge in [0.2, 0.25) is 0 Å². The molecule has 1 heterocycles. The molecule has 4 nitrogen and oxygen atoms in total. The highest BCUT2D eigenvalue weighted by molar-refractivity contribution is 5.74. The normalized spacial score (nSPS) is 35.1. The zero-order valence-electron chi connectivity index (χ0n) is 11.8. The second kappa shape index (κ2) is 5.70. The minimum Gasteiger partial charge on any atom is -0.336 e. The van der Waals surface area contributed by atoms with Crippen molar-refractivity contribution in [2.24, 2.45) is 5.92 Å². The van der Waals surface area contributed by atoms with E-state index in [1.54, 1.807) is 0 Å². The maximum Gasteiger partial charge on any atom is 0.315 e. The highest BCUT2D eigenvalue weighted by atomic mass is 16.2. The Morgan fingerprint density at radius 3 is 2.84 bits per heavy atom. The lowest BCUT2D eigenvalue weighted by Gasteiger charge is -2.33. The van der Waals surface area contributed by atoms with E-state index in [-0.39, 0.29) is 11.6 Å². The summed E-state index contributed by atoms with van der Waals surface area (Å²) in [5.41, 5.74) is 0.201. The van der Waals surface area contributed by atoms with Crippen molar-refractivity contribution in [1.29, 1.82) is 0 Å². The summed E-state index contributed by atoms with van der Waals surface area (Å²) >= 11 is 0. The molecule has 3 aliphatic rings. The molecular weight excluding hydrogens is 238 g/mol. The van der Waals surface area contributed by atoms with E-state index in [0.29, 0.717) is 6.04 Å². The van der Waals surface area contributed by atoms with Gasteiger partial charge in [-0.05, 0) is 44.6 Å². The third kappa shape index (κ3) is 3.22. The Labute approximate surface area is 116 Å². The third-order valence-corrected chi connectivity index (χ3v) is 5.24. The first-order chi connectivity index (χ1) is 9.26. The van der Waals surface area contributed by atoms with Crippen molar-refractivity contribution in [3.05, 3.63) is 0 Å². The molecular formula is C15H27N3O. The molecule has 3 fully saturated rings. The molecule has 3 rings (SSSR count). The summed E-state index contributed by atoms with van der Waals surface area (Å²) in [4.78, 5) is 12.0. The summed E-state index contributed by atoms with van der Waals surface area (Å²) in [5, 5.41) is 9.89. The van der Waals surface area contributed by atoms with E-state index in [4.69, 9.17) is 0 Å². The Morgan fingerprint density at radius 2 is 2.00 bits per heavy atom. The summed E-state index contributed by atoms with van der Waals surface area (Å²) in [6.45, 7) is 1.94. The summed E-state index contributed by atoms with van der Waals surface area (Å²) < 4.78 is 0. The fraction of sp³-hybridized carbons (Fsp3) is 0.933. The van der Waals surface area contributed by atoms with Gasteiger partial charge in [0.15, 0.2) is 0 Å². The molecule has 0 spiro atoms. The number of fused-ring (bicyclic) bond motifs is 2. The number of rotatable bonds is 3. The molecule has 0 aromatic rings. The van der Waals surface area contributed by atoms with Crippen LogP contribution in [0.25, 0.3) is 0 Å². The lowest BCUT2D eigenvalue weighted by Crippen LogP contribution is -2.53. The number of carbonyl (C=O) groups is 1. The molecule has 0 aromatic heterocycles. The molecule has 2 aliphatic carbocycles. The van der Waals surface area contributed by atoms with Gasteiger partial charge in [-0.3, -0.25) is 0 Å². The van der Waals surface area contributed by atoms with Gasteiger partial charge < -0.3 is 16.0 Å². The summed E-state index contributed by atoms with van der Waals surface area (Å²) in [6, 6.07) is 0.444. The van der Waals surface area contributed by atoms with Crippen molar-refractivity contribution in [1.82, 2.24) is 16.0 Å². The predicted octanol–water partition coefficient (Wildman–Crippen LogP) is 2.15. The van der Waals surface area contributed by atoms with Gasteiger partial charge in [-0.1, -0.05) is 25.7 Å². The monoisotopic (exact) mass is 265 g/mol. The maximum absolute atomic E-state index is 12.0. The van der Waals surface area contributed by atoms with Crippen LogP contribution in [0.15, 0.2) is 0 Å². The first-order valence-corrected chi connectivity index (χ1v) is 8.05. The van der Waals surface area contributed by atoms with Gasteiger partial charge in [-0.2, -0.15) is 0 Å². The van der Waals surface area contributed by atoms with Crippen LogP contribution in [-0.4, -0.2) is 30.7 Å². The molecule has 1 saturated heterocycles. The van der Waals surface area contributed by atoms with Crippen molar-refractivity contribution in [3.8, 4) is 0 Å². The first kappa shape index (κ1) is 13.2. The molecule has 0 aromatic carbocycles. The van der Waals surface area contributed by atoms with Crippen LogP contribution in [-0.2, 0) is 0 Å². The van der Waals surface area contributed by atoms with E-state index in [2.05, 4.69) is 16.0 Å². The second-order valence-electron chi connectivity index (χ2n) is 6.79. The van der Waals surface area contributed by atoms with Gasteiger partial charge >= 0.3 is 6.03 Å². The molecule has 4 heteroatoms. The molecule has 19 heavy (non-hydrogen) atoms. The lowest BCUT2D eigenvalue weighted by molar-refractivity contribution is 0.221. The van der Waals surface area contributed by atoms with Gasteiger partial charge in [0.1, 0.15) is 0 Å². The summed E-state index contributed by atoms with van der Waals surface area (Å²) in [5.74, 6) is 0.844. The zero-order chi connectivity index (χ0) is 13.1. The Balaban J connectivity index is 1.42. The Hall–Kier alpha value is -0.770. The van der Waals surface area contributed by atoms with Gasteiger partial charge in [0.05, 0.1) is 0 Å². The van der Waals surface area contributed by atoms with Crippen LogP contribution in [0.2, 0.25) is 0 Å². The standard InChI is InChI=1S/C15H27N3O/c19-14(18-13-6-2-1-3-7-13)16-11-15-8-4-5-12(9-15)10-17-15/h12-13,17H,1-11H2,(H2,16,18,19). The first-order valence-electron chi connectivity index (χ1n) is 8.05. The van der Waals surface area contributed by atoms with Crippen LogP contribution in [0.4, 0.5) is 4.79 Å². The molecule has 3 N–H and O–H groups in total. The summed E-state index contributed by atoms with van der Waals surface area (Å²) in [7, 11) is 0. The van der Waals surface area contributed by atoms with E-state index in [1.165, 1.54) is 44.9 Å². The zero-order valence-corrected chi connectivity index (χ0v) is 11.8. The van der Waals surface area contributed by atoms with Crippen LogP contribution < -0.4 is 16.0 Å².